The first-order chi connectivity index (χ1) is 15.8. The highest BCUT2D eigenvalue weighted by atomic mass is 16.5. The minimum Gasteiger partial charge on any atom is -0.504 e. The van der Waals surface area contributed by atoms with Crippen LogP contribution in [0.3, 0.4) is 0 Å². The maximum atomic E-state index is 13.2. The van der Waals surface area contributed by atoms with Crippen molar-refractivity contribution >= 4 is 12.0 Å². The minimum atomic E-state index is -0.983. The number of piperidine rings is 1. The molecule has 33 heavy (non-hydrogen) atoms. The van der Waals surface area contributed by atoms with Crippen LogP contribution in [0.25, 0.3) is 6.08 Å². The number of phenols is 1. The number of hydrogen-bond donors (Lipinski definition) is 2. The summed E-state index contributed by atoms with van der Waals surface area (Å²) in [6.45, 7) is 2.93. The van der Waals surface area contributed by atoms with Crippen LogP contribution in [-0.2, 0) is 16.6 Å². The van der Waals surface area contributed by atoms with Gasteiger partial charge < -0.3 is 29.2 Å². The first-order valence-corrected chi connectivity index (χ1v) is 11.7. The van der Waals surface area contributed by atoms with Gasteiger partial charge in [-0.25, -0.2) is 0 Å². The van der Waals surface area contributed by atoms with Crippen molar-refractivity contribution in [2.45, 2.75) is 55.4 Å². The van der Waals surface area contributed by atoms with Crippen LogP contribution in [0.15, 0.2) is 41.2 Å². The summed E-state index contributed by atoms with van der Waals surface area (Å²) in [4.78, 5) is 17.2. The Bertz CT molecular complexity index is 1140. The fraction of sp³-hybridized carbons (Fsp3) is 0.500. The number of furan rings is 1. The Balaban J connectivity index is 1.45. The third kappa shape index (κ3) is 2.55. The molecule has 1 amide bonds. The highest BCUT2D eigenvalue weighted by molar-refractivity contribution is 5.92. The smallest absolute Gasteiger partial charge is 0.246 e. The van der Waals surface area contributed by atoms with Crippen LogP contribution in [0.5, 0.6) is 11.5 Å². The molecule has 1 saturated heterocycles. The van der Waals surface area contributed by atoms with Crippen LogP contribution < -0.4 is 4.74 Å². The number of hydrogen-bond acceptors (Lipinski definition) is 6. The van der Waals surface area contributed by atoms with E-state index in [1.54, 1.807) is 41.7 Å². The topological polar surface area (TPSA) is 86.4 Å². The summed E-state index contributed by atoms with van der Waals surface area (Å²) in [6.07, 6.45) is 8.06. The summed E-state index contributed by atoms with van der Waals surface area (Å²) in [5, 5.41) is 23.1. The Hall–Kier alpha value is -2.77. The molecule has 4 aliphatic rings. The summed E-state index contributed by atoms with van der Waals surface area (Å²) in [5.74, 6) is 0.487. The number of ether oxygens (including phenoxy) is 1. The fourth-order valence-corrected chi connectivity index (χ4v) is 7.39. The van der Waals surface area contributed by atoms with Crippen LogP contribution in [-0.4, -0.2) is 70.3 Å². The van der Waals surface area contributed by atoms with Crippen molar-refractivity contribution in [1.82, 2.24) is 9.80 Å². The second kappa shape index (κ2) is 6.87. The average molecular weight is 451 g/mol. The predicted octanol–water partition coefficient (Wildman–Crippen LogP) is 2.56. The molecule has 2 bridgehead atoms. The lowest BCUT2D eigenvalue weighted by Gasteiger charge is -2.65. The average Bonchev–Trinajstić information content (AvgIpc) is 3.41. The van der Waals surface area contributed by atoms with Gasteiger partial charge in [0.1, 0.15) is 6.10 Å². The lowest BCUT2D eigenvalue weighted by atomic mass is 9.47. The first kappa shape index (κ1) is 20.8. The van der Waals surface area contributed by atoms with E-state index in [0.29, 0.717) is 12.2 Å². The van der Waals surface area contributed by atoms with Crippen molar-refractivity contribution < 1.29 is 24.2 Å². The van der Waals surface area contributed by atoms with Crippen molar-refractivity contribution in [2.75, 3.05) is 20.6 Å². The molecule has 2 fully saturated rings. The van der Waals surface area contributed by atoms with Crippen molar-refractivity contribution in [3.8, 4) is 11.5 Å². The number of likely N-dealkylation sites (tertiary alicyclic amines) is 1. The Morgan fingerprint density at radius 2 is 2.15 bits per heavy atom. The molecule has 7 nitrogen and oxygen atoms in total. The van der Waals surface area contributed by atoms with E-state index >= 15 is 0 Å². The standard InChI is InChI=1S/C26H30N2O5/c1-15-13-26(31)19-12-17-5-6-18(29)23-21(17)25(26,9-10-27(19)2)24(33-23)22(15)28(3)20(30)7-4-16-8-11-32-14-16/h4-8,11,14-15,19,22,24,29,31H,9-10,12-13H2,1-3H3/b7-4+/t15-,19+,22-,24-,25-,26+/m0/s1. The lowest BCUT2D eigenvalue weighted by molar-refractivity contribution is -0.208. The third-order valence-corrected chi connectivity index (χ3v) is 8.81. The summed E-state index contributed by atoms with van der Waals surface area (Å²) in [6, 6.07) is 5.21. The Kier molecular flexibility index (Phi) is 4.33. The highest BCUT2D eigenvalue weighted by Gasteiger charge is 2.74. The SMILES string of the molecule is C[C@H]1C[C@@]2(O)[C@H]3Cc4ccc(O)c5c4[C@@]2(CCN3C)[C@@H](O5)[C@H]1N(C)C(=O)/C=C/c1ccoc1. The zero-order valence-corrected chi connectivity index (χ0v) is 19.2. The largest absolute Gasteiger partial charge is 0.504 e. The number of benzene rings is 1. The van der Waals surface area contributed by atoms with Crippen LogP contribution in [0.1, 0.15) is 36.5 Å². The predicted molar refractivity (Wildman–Crippen MR) is 122 cm³/mol. The molecular weight excluding hydrogens is 420 g/mol. The number of carbonyl (C=O) groups excluding carboxylic acids is 1. The Morgan fingerprint density at radius 3 is 2.91 bits per heavy atom. The molecule has 1 spiro atoms. The fourth-order valence-electron chi connectivity index (χ4n) is 7.39. The summed E-state index contributed by atoms with van der Waals surface area (Å²) < 4.78 is 11.6. The van der Waals surface area contributed by atoms with Gasteiger partial charge in [0.05, 0.1) is 29.6 Å². The van der Waals surface area contributed by atoms with E-state index in [9.17, 15) is 15.0 Å². The van der Waals surface area contributed by atoms with Crippen molar-refractivity contribution in [3.63, 3.8) is 0 Å². The molecule has 3 heterocycles. The van der Waals surface area contributed by atoms with Gasteiger partial charge >= 0.3 is 0 Å². The van der Waals surface area contributed by atoms with Gasteiger partial charge in [0.25, 0.3) is 0 Å². The van der Waals surface area contributed by atoms with E-state index in [1.165, 1.54) is 0 Å². The van der Waals surface area contributed by atoms with E-state index < -0.39 is 17.1 Å². The second-order valence-electron chi connectivity index (χ2n) is 10.3. The van der Waals surface area contributed by atoms with Gasteiger partial charge in [0.15, 0.2) is 11.5 Å². The maximum absolute atomic E-state index is 13.2. The Morgan fingerprint density at radius 1 is 1.33 bits per heavy atom. The van der Waals surface area contributed by atoms with Crippen LogP contribution in [0, 0.1) is 5.92 Å². The van der Waals surface area contributed by atoms with E-state index in [-0.39, 0.29) is 29.7 Å². The monoisotopic (exact) mass is 450 g/mol. The number of aromatic hydroxyl groups is 1. The highest BCUT2D eigenvalue weighted by Crippen LogP contribution is 2.66. The number of rotatable bonds is 3. The molecule has 6 rings (SSSR count). The molecule has 2 N–H and O–H groups in total. The second-order valence-corrected chi connectivity index (χ2v) is 10.3. The molecule has 2 aromatic rings. The van der Waals surface area contributed by atoms with Gasteiger partial charge in [-0.3, -0.25) is 4.79 Å². The van der Waals surface area contributed by atoms with Crippen LogP contribution in [0.2, 0.25) is 0 Å². The summed E-state index contributed by atoms with van der Waals surface area (Å²) in [7, 11) is 3.90. The number of likely N-dealkylation sites (N-methyl/N-ethyl adjacent to an activating group) is 2. The van der Waals surface area contributed by atoms with Crippen molar-refractivity contribution in [1.29, 1.82) is 0 Å². The van der Waals surface area contributed by atoms with Crippen LogP contribution in [0.4, 0.5) is 0 Å². The molecule has 174 valence electrons. The molecule has 1 saturated carbocycles. The van der Waals surface area contributed by atoms with Gasteiger partial charge in [-0.1, -0.05) is 13.0 Å². The van der Waals surface area contributed by atoms with Crippen LogP contribution >= 0.6 is 0 Å². The van der Waals surface area contributed by atoms with E-state index in [4.69, 9.17) is 9.15 Å². The molecular formula is C26H30N2O5. The third-order valence-electron chi connectivity index (χ3n) is 8.81. The number of nitrogens with zero attached hydrogens (tertiary/aromatic N) is 2. The zero-order chi connectivity index (χ0) is 23.1. The lowest BCUT2D eigenvalue weighted by Crippen LogP contribution is -2.79. The molecule has 7 heteroatoms. The minimum absolute atomic E-state index is 0.0106. The van der Waals surface area contributed by atoms with Gasteiger partial charge in [-0.05, 0) is 62.5 Å². The molecule has 1 aromatic heterocycles. The number of carbonyl (C=O) groups is 1. The molecule has 2 aliphatic heterocycles. The van der Waals surface area contributed by atoms with Gasteiger partial charge in [0.2, 0.25) is 5.91 Å². The molecule has 0 unspecified atom stereocenters. The summed E-state index contributed by atoms with van der Waals surface area (Å²) >= 11 is 0. The summed E-state index contributed by atoms with van der Waals surface area (Å²) in [5.41, 5.74) is 1.29. The first-order valence-electron chi connectivity index (χ1n) is 11.7. The molecule has 6 atom stereocenters. The molecule has 2 aliphatic carbocycles. The number of amides is 1. The van der Waals surface area contributed by atoms with Crippen molar-refractivity contribution in [2.24, 2.45) is 5.92 Å². The van der Waals surface area contributed by atoms with E-state index in [0.717, 1.165) is 36.1 Å². The Labute approximate surface area is 193 Å². The molecule has 1 aromatic carbocycles. The zero-order valence-electron chi connectivity index (χ0n) is 19.2. The maximum Gasteiger partial charge on any atom is 0.246 e. The quantitative estimate of drug-likeness (QED) is 0.699. The van der Waals surface area contributed by atoms with E-state index in [1.807, 2.05) is 13.1 Å². The normalized spacial score (nSPS) is 36.5. The van der Waals surface area contributed by atoms with Gasteiger partial charge in [-0.15, -0.1) is 0 Å². The number of phenolic OH excluding ortho intramolecular Hbond substituents is 1. The molecule has 0 radical (unpaired) electrons. The number of aliphatic hydroxyl groups is 1. The van der Waals surface area contributed by atoms with Gasteiger partial charge in [0, 0.05) is 30.3 Å². The van der Waals surface area contributed by atoms with E-state index in [2.05, 4.69) is 18.9 Å². The van der Waals surface area contributed by atoms with Gasteiger partial charge in [-0.2, -0.15) is 0 Å². The van der Waals surface area contributed by atoms with Crippen molar-refractivity contribution in [3.05, 3.63) is 53.5 Å².